The van der Waals surface area contributed by atoms with E-state index in [-0.39, 0.29) is 10.8 Å². The number of hydrogen-bond donors (Lipinski definition) is 1. The Labute approximate surface area is 186 Å². The van der Waals surface area contributed by atoms with E-state index in [0.717, 1.165) is 11.3 Å². The summed E-state index contributed by atoms with van der Waals surface area (Å²) >= 11 is 0. The first-order valence-corrected chi connectivity index (χ1v) is 11.4. The molecule has 1 aromatic heterocycles. The van der Waals surface area contributed by atoms with Gasteiger partial charge in [0, 0.05) is 29.9 Å². The molecule has 9 nitrogen and oxygen atoms in total. The van der Waals surface area contributed by atoms with Gasteiger partial charge < -0.3 is 18.9 Å². The molecule has 0 spiro atoms. The van der Waals surface area contributed by atoms with Crippen LogP contribution in [0.3, 0.4) is 0 Å². The van der Waals surface area contributed by atoms with Crippen molar-refractivity contribution in [2.24, 2.45) is 0 Å². The van der Waals surface area contributed by atoms with Crippen LogP contribution in [0.25, 0.3) is 0 Å². The Morgan fingerprint density at radius 2 is 1.75 bits per heavy atom. The number of aryl methyl sites for hydroxylation is 2. The number of rotatable bonds is 6. The molecule has 0 radical (unpaired) electrons. The molecule has 0 unspecified atom stereocenters. The SMILES string of the molecule is Cc1noc(C)c1CN(C)C(=O)c1ccc(NS(=O)(=O)c2ccc3c(c2)OCCO3)cc1. The van der Waals surface area contributed by atoms with Gasteiger partial charge in [0.15, 0.2) is 11.5 Å². The number of nitrogens with one attached hydrogen (secondary N) is 1. The van der Waals surface area contributed by atoms with Gasteiger partial charge in [0.25, 0.3) is 15.9 Å². The van der Waals surface area contributed by atoms with Gasteiger partial charge in [-0.1, -0.05) is 5.16 Å². The molecule has 0 atom stereocenters. The molecule has 4 rings (SSSR count). The van der Waals surface area contributed by atoms with Crippen LogP contribution in [0.2, 0.25) is 0 Å². The minimum absolute atomic E-state index is 0.0566. The van der Waals surface area contributed by atoms with E-state index in [9.17, 15) is 13.2 Å². The molecular weight excluding hydrogens is 434 g/mol. The Morgan fingerprint density at radius 3 is 2.41 bits per heavy atom. The maximum atomic E-state index is 12.8. The molecule has 1 aliphatic rings. The molecule has 2 heterocycles. The molecule has 1 aliphatic heterocycles. The van der Waals surface area contributed by atoms with Gasteiger partial charge in [0.05, 0.1) is 17.1 Å². The summed E-state index contributed by atoms with van der Waals surface area (Å²) in [5.74, 6) is 1.37. The van der Waals surface area contributed by atoms with E-state index in [1.165, 1.54) is 12.1 Å². The van der Waals surface area contributed by atoms with Crippen LogP contribution in [0.4, 0.5) is 5.69 Å². The molecule has 2 aromatic carbocycles. The van der Waals surface area contributed by atoms with Crippen LogP contribution in [0.5, 0.6) is 11.5 Å². The van der Waals surface area contributed by atoms with E-state index >= 15 is 0 Å². The highest BCUT2D eigenvalue weighted by Crippen LogP contribution is 2.32. The van der Waals surface area contributed by atoms with Crippen LogP contribution < -0.4 is 14.2 Å². The van der Waals surface area contributed by atoms with Crippen molar-refractivity contribution in [3.8, 4) is 11.5 Å². The number of fused-ring (bicyclic) bond motifs is 1. The van der Waals surface area contributed by atoms with Crippen molar-refractivity contribution >= 4 is 21.6 Å². The van der Waals surface area contributed by atoms with Gasteiger partial charge in [-0.05, 0) is 50.2 Å². The number of hydrogen-bond acceptors (Lipinski definition) is 7. The third-order valence-electron chi connectivity index (χ3n) is 5.13. The second-order valence-electron chi connectivity index (χ2n) is 7.45. The van der Waals surface area contributed by atoms with E-state index in [1.54, 1.807) is 49.2 Å². The highest BCUT2D eigenvalue weighted by Gasteiger charge is 2.20. The number of anilines is 1. The lowest BCUT2D eigenvalue weighted by Gasteiger charge is -2.19. The Balaban J connectivity index is 1.45. The molecule has 1 amide bonds. The lowest BCUT2D eigenvalue weighted by atomic mass is 10.1. The number of sulfonamides is 1. The Hall–Kier alpha value is -3.53. The van der Waals surface area contributed by atoms with Crippen molar-refractivity contribution < 1.29 is 27.2 Å². The molecule has 168 valence electrons. The van der Waals surface area contributed by atoms with Gasteiger partial charge in [0.2, 0.25) is 0 Å². The highest BCUT2D eigenvalue weighted by molar-refractivity contribution is 7.92. The minimum atomic E-state index is -3.84. The van der Waals surface area contributed by atoms with Gasteiger partial charge in [-0.3, -0.25) is 9.52 Å². The maximum Gasteiger partial charge on any atom is 0.262 e. The summed E-state index contributed by atoms with van der Waals surface area (Å²) in [7, 11) is -2.15. The van der Waals surface area contributed by atoms with Gasteiger partial charge in [0.1, 0.15) is 19.0 Å². The number of ether oxygens (including phenoxy) is 2. The van der Waals surface area contributed by atoms with E-state index in [0.29, 0.717) is 48.3 Å². The van der Waals surface area contributed by atoms with E-state index < -0.39 is 10.0 Å². The minimum Gasteiger partial charge on any atom is -0.486 e. The molecule has 0 saturated heterocycles. The molecule has 0 aliphatic carbocycles. The summed E-state index contributed by atoms with van der Waals surface area (Å²) < 4.78 is 44.1. The summed E-state index contributed by atoms with van der Waals surface area (Å²) in [5.41, 5.74) is 2.38. The van der Waals surface area contributed by atoms with Crippen LogP contribution in [0, 0.1) is 13.8 Å². The Morgan fingerprint density at radius 1 is 1.06 bits per heavy atom. The van der Waals surface area contributed by atoms with Crippen LogP contribution in [0.1, 0.15) is 27.4 Å². The van der Waals surface area contributed by atoms with Crippen molar-refractivity contribution in [1.82, 2.24) is 10.1 Å². The predicted octanol–water partition coefficient (Wildman–Crippen LogP) is 3.14. The molecule has 32 heavy (non-hydrogen) atoms. The summed E-state index contributed by atoms with van der Waals surface area (Å²) in [5, 5.41) is 3.90. The summed E-state index contributed by atoms with van der Waals surface area (Å²) in [6.07, 6.45) is 0. The average molecular weight is 458 g/mol. The quantitative estimate of drug-likeness (QED) is 0.605. The van der Waals surface area contributed by atoms with E-state index in [4.69, 9.17) is 14.0 Å². The average Bonchev–Trinajstić information content (AvgIpc) is 3.10. The summed E-state index contributed by atoms with van der Waals surface area (Å²) in [6, 6.07) is 10.7. The Kier molecular flexibility index (Phi) is 5.79. The van der Waals surface area contributed by atoms with Crippen LogP contribution in [0.15, 0.2) is 51.9 Å². The van der Waals surface area contributed by atoms with Gasteiger partial charge >= 0.3 is 0 Å². The molecule has 1 N–H and O–H groups in total. The third-order valence-corrected chi connectivity index (χ3v) is 6.51. The van der Waals surface area contributed by atoms with Crippen molar-refractivity contribution in [2.75, 3.05) is 25.0 Å². The zero-order valence-corrected chi connectivity index (χ0v) is 18.7. The van der Waals surface area contributed by atoms with Crippen molar-refractivity contribution in [2.45, 2.75) is 25.3 Å². The zero-order chi connectivity index (χ0) is 22.9. The first-order valence-electron chi connectivity index (χ1n) is 9.94. The van der Waals surface area contributed by atoms with Gasteiger partial charge in [-0.15, -0.1) is 0 Å². The standard InChI is InChI=1S/C22H23N3O6S/c1-14-19(15(2)31-23-14)13-25(3)22(26)16-4-6-17(7-5-16)24-32(27,28)18-8-9-20-21(12-18)30-11-10-29-20/h4-9,12,24H,10-11,13H2,1-3H3. The topological polar surface area (TPSA) is 111 Å². The smallest absolute Gasteiger partial charge is 0.262 e. The van der Waals surface area contributed by atoms with Crippen molar-refractivity contribution in [3.63, 3.8) is 0 Å². The number of benzene rings is 2. The molecule has 0 saturated carbocycles. The van der Waals surface area contributed by atoms with E-state index in [2.05, 4.69) is 9.88 Å². The van der Waals surface area contributed by atoms with Crippen LogP contribution >= 0.6 is 0 Å². The third kappa shape index (κ3) is 4.40. The Bertz CT molecular complexity index is 1230. The lowest BCUT2D eigenvalue weighted by molar-refractivity contribution is 0.0784. The molecule has 10 heteroatoms. The summed E-state index contributed by atoms with van der Waals surface area (Å²) in [6.45, 7) is 4.78. The second kappa shape index (κ2) is 8.54. The first kappa shape index (κ1) is 21.7. The number of carbonyl (C=O) groups is 1. The van der Waals surface area contributed by atoms with E-state index in [1.807, 2.05) is 6.92 Å². The monoisotopic (exact) mass is 457 g/mol. The van der Waals surface area contributed by atoms with Crippen molar-refractivity contribution in [1.29, 1.82) is 0 Å². The molecular formula is C22H23N3O6S. The predicted molar refractivity (Wildman–Crippen MR) is 116 cm³/mol. The molecule has 3 aromatic rings. The second-order valence-corrected chi connectivity index (χ2v) is 9.13. The normalized spacial score (nSPS) is 13.0. The number of nitrogens with zero attached hydrogens (tertiary/aromatic N) is 2. The fourth-order valence-electron chi connectivity index (χ4n) is 3.34. The zero-order valence-electron chi connectivity index (χ0n) is 17.9. The van der Waals surface area contributed by atoms with Crippen molar-refractivity contribution in [3.05, 3.63) is 65.0 Å². The molecule has 0 fully saturated rings. The first-order chi connectivity index (χ1) is 15.2. The molecule has 0 bridgehead atoms. The lowest BCUT2D eigenvalue weighted by Crippen LogP contribution is -2.26. The highest BCUT2D eigenvalue weighted by atomic mass is 32.2. The maximum absolute atomic E-state index is 12.8. The van der Waals surface area contributed by atoms with Gasteiger partial charge in [-0.25, -0.2) is 8.42 Å². The van der Waals surface area contributed by atoms with Gasteiger partial charge in [-0.2, -0.15) is 0 Å². The fourth-order valence-corrected chi connectivity index (χ4v) is 4.42. The number of carbonyl (C=O) groups excluding carboxylic acids is 1. The summed E-state index contributed by atoms with van der Waals surface area (Å²) in [4.78, 5) is 14.4. The number of amides is 1. The fraction of sp³-hybridized carbons (Fsp3) is 0.273. The number of aromatic nitrogens is 1. The van der Waals surface area contributed by atoms with Crippen LogP contribution in [-0.2, 0) is 16.6 Å². The van der Waals surface area contributed by atoms with Crippen LogP contribution in [-0.4, -0.2) is 44.6 Å². The largest absolute Gasteiger partial charge is 0.486 e.